The van der Waals surface area contributed by atoms with Crippen LogP contribution in [-0.4, -0.2) is 9.93 Å². The number of aliphatic hydroxyl groups excluding tert-OH is 1. The first-order valence-electron chi connectivity index (χ1n) is 4.19. The van der Waals surface area contributed by atoms with Crippen molar-refractivity contribution in [2.24, 2.45) is 0 Å². The monoisotopic (exact) mass is 226 g/mol. The van der Waals surface area contributed by atoms with Crippen LogP contribution in [0, 0.1) is 0 Å². The molecule has 0 saturated heterocycles. The number of halogens is 1. The van der Waals surface area contributed by atoms with Crippen molar-refractivity contribution in [3.63, 3.8) is 0 Å². The smallest absolute Gasteiger partial charge is 0.0917 e. The van der Waals surface area contributed by atoms with Gasteiger partial charge in [0.2, 0.25) is 0 Å². The zero-order valence-corrected chi connectivity index (χ0v) is 8.29. The molecule has 2 atom stereocenters. The molecule has 1 aliphatic carbocycles. The maximum atomic E-state index is 9.78. The van der Waals surface area contributed by atoms with E-state index in [0.29, 0.717) is 0 Å². The molecule has 0 saturated carbocycles. The van der Waals surface area contributed by atoms with Gasteiger partial charge in [-0.15, -0.1) is 0 Å². The highest BCUT2D eigenvalue weighted by Gasteiger charge is 2.24. The van der Waals surface area contributed by atoms with Gasteiger partial charge in [0.25, 0.3) is 0 Å². The number of benzene rings is 1. The summed E-state index contributed by atoms with van der Waals surface area (Å²) in [6, 6.07) is 8.11. The molecule has 0 heterocycles. The fourth-order valence-electron chi connectivity index (χ4n) is 1.70. The third-order valence-corrected chi connectivity index (χ3v) is 3.36. The molecule has 0 spiro atoms. The second-order valence-corrected chi connectivity index (χ2v) is 4.37. The molecule has 0 bridgehead atoms. The van der Waals surface area contributed by atoms with Crippen LogP contribution in [0.1, 0.15) is 23.7 Å². The minimum atomic E-state index is -0.324. The van der Waals surface area contributed by atoms with E-state index in [1.165, 1.54) is 5.56 Å². The first-order chi connectivity index (χ1) is 5.79. The molecule has 1 nitrogen and oxygen atoms in total. The summed E-state index contributed by atoms with van der Waals surface area (Å²) in [6.45, 7) is 0. The van der Waals surface area contributed by atoms with E-state index in [9.17, 15) is 5.11 Å². The van der Waals surface area contributed by atoms with Crippen molar-refractivity contribution in [3.8, 4) is 0 Å². The van der Waals surface area contributed by atoms with Gasteiger partial charge in [0, 0.05) is 4.83 Å². The largest absolute Gasteiger partial charge is 0.387 e. The fraction of sp³-hybridized carbons (Fsp3) is 0.400. The summed E-state index contributed by atoms with van der Waals surface area (Å²) in [5.41, 5.74) is 2.38. The predicted molar refractivity (Wildman–Crippen MR) is 52.4 cm³/mol. The number of hydrogen-bond acceptors (Lipinski definition) is 1. The van der Waals surface area contributed by atoms with Crippen LogP contribution in [0.2, 0.25) is 0 Å². The molecule has 1 aromatic rings. The minimum absolute atomic E-state index is 0.229. The highest BCUT2D eigenvalue weighted by Crippen LogP contribution is 2.33. The van der Waals surface area contributed by atoms with Gasteiger partial charge in [-0.1, -0.05) is 40.2 Å². The van der Waals surface area contributed by atoms with Crippen molar-refractivity contribution in [1.82, 2.24) is 0 Å². The maximum absolute atomic E-state index is 9.78. The van der Waals surface area contributed by atoms with Crippen LogP contribution >= 0.6 is 15.9 Å². The van der Waals surface area contributed by atoms with Crippen LogP contribution in [0.3, 0.4) is 0 Å². The number of fused-ring (bicyclic) bond motifs is 1. The normalized spacial score (nSPS) is 28.2. The van der Waals surface area contributed by atoms with Crippen LogP contribution in [0.25, 0.3) is 0 Å². The van der Waals surface area contributed by atoms with Gasteiger partial charge in [-0.05, 0) is 24.0 Å². The molecule has 0 unspecified atom stereocenters. The fourth-order valence-corrected chi connectivity index (χ4v) is 2.21. The van der Waals surface area contributed by atoms with Crippen molar-refractivity contribution >= 4 is 15.9 Å². The average Bonchev–Trinajstić information content (AvgIpc) is 2.12. The molecule has 0 radical (unpaired) electrons. The SMILES string of the molecule is O[C@@H]1c2ccccc2CC[C@H]1Br. The lowest BCUT2D eigenvalue weighted by atomic mass is 9.89. The molecular weight excluding hydrogens is 216 g/mol. The van der Waals surface area contributed by atoms with E-state index in [4.69, 9.17) is 0 Å². The molecule has 1 aliphatic rings. The lowest BCUT2D eigenvalue weighted by Crippen LogP contribution is -2.19. The van der Waals surface area contributed by atoms with Gasteiger partial charge in [-0.25, -0.2) is 0 Å². The Labute approximate surface area is 80.5 Å². The Bertz CT molecular complexity index is 285. The first kappa shape index (κ1) is 8.27. The zero-order valence-electron chi connectivity index (χ0n) is 6.70. The van der Waals surface area contributed by atoms with Crippen molar-refractivity contribution < 1.29 is 5.11 Å². The summed E-state index contributed by atoms with van der Waals surface area (Å²) in [7, 11) is 0. The standard InChI is InChI=1S/C10H11BrO/c11-9-6-5-7-3-1-2-4-8(7)10(9)12/h1-4,9-10,12H,5-6H2/t9-,10-/m1/s1. The van der Waals surface area contributed by atoms with Crippen molar-refractivity contribution in [2.45, 2.75) is 23.8 Å². The first-order valence-corrected chi connectivity index (χ1v) is 5.10. The summed E-state index contributed by atoms with van der Waals surface area (Å²) >= 11 is 3.47. The summed E-state index contributed by atoms with van der Waals surface area (Å²) in [4.78, 5) is 0.229. The van der Waals surface area contributed by atoms with Crippen LogP contribution in [0.15, 0.2) is 24.3 Å². The molecule has 12 heavy (non-hydrogen) atoms. The van der Waals surface area contributed by atoms with Crippen molar-refractivity contribution in [1.29, 1.82) is 0 Å². The summed E-state index contributed by atoms with van der Waals surface area (Å²) in [5.74, 6) is 0. The Morgan fingerprint density at radius 3 is 2.92 bits per heavy atom. The van der Waals surface area contributed by atoms with Gasteiger partial charge in [-0.2, -0.15) is 0 Å². The third-order valence-electron chi connectivity index (χ3n) is 2.41. The van der Waals surface area contributed by atoms with E-state index in [0.717, 1.165) is 18.4 Å². The van der Waals surface area contributed by atoms with E-state index in [2.05, 4.69) is 22.0 Å². The molecule has 0 amide bonds. The van der Waals surface area contributed by atoms with E-state index in [1.54, 1.807) is 0 Å². The van der Waals surface area contributed by atoms with Crippen LogP contribution in [0.5, 0.6) is 0 Å². The van der Waals surface area contributed by atoms with E-state index in [-0.39, 0.29) is 10.9 Å². The van der Waals surface area contributed by atoms with Crippen LogP contribution in [-0.2, 0) is 6.42 Å². The minimum Gasteiger partial charge on any atom is -0.387 e. The Hall–Kier alpha value is -0.340. The Kier molecular flexibility index (Phi) is 2.20. The highest BCUT2D eigenvalue weighted by molar-refractivity contribution is 9.09. The van der Waals surface area contributed by atoms with Gasteiger partial charge in [0.1, 0.15) is 0 Å². The quantitative estimate of drug-likeness (QED) is 0.675. The number of aryl methyl sites for hydroxylation is 1. The summed E-state index contributed by atoms with van der Waals surface area (Å²) < 4.78 is 0. The zero-order chi connectivity index (χ0) is 8.55. The molecule has 0 aromatic heterocycles. The van der Waals surface area contributed by atoms with Crippen molar-refractivity contribution in [2.75, 3.05) is 0 Å². The van der Waals surface area contributed by atoms with Crippen molar-refractivity contribution in [3.05, 3.63) is 35.4 Å². The lowest BCUT2D eigenvalue weighted by Gasteiger charge is -2.25. The third kappa shape index (κ3) is 1.29. The highest BCUT2D eigenvalue weighted by atomic mass is 79.9. The van der Waals surface area contributed by atoms with Gasteiger partial charge >= 0.3 is 0 Å². The molecular formula is C10H11BrO. The topological polar surface area (TPSA) is 20.2 Å². The molecule has 0 fully saturated rings. The second kappa shape index (κ2) is 3.19. The number of aliphatic hydroxyl groups is 1. The number of alkyl halides is 1. The Morgan fingerprint density at radius 1 is 1.33 bits per heavy atom. The molecule has 2 rings (SSSR count). The van der Waals surface area contributed by atoms with Gasteiger partial charge in [0.05, 0.1) is 6.10 Å². The van der Waals surface area contributed by atoms with Gasteiger partial charge in [0.15, 0.2) is 0 Å². The van der Waals surface area contributed by atoms with E-state index in [1.807, 2.05) is 18.2 Å². The van der Waals surface area contributed by atoms with Crippen LogP contribution in [0.4, 0.5) is 0 Å². The average molecular weight is 227 g/mol. The van der Waals surface area contributed by atoms with Crippen LogP contribution < -0.4 is 0 Å². The Balaban J connectivity index is 2.42. The molecule has 64 valence electrons. The summed E-state index contributed by atoms with van der Waals surface area (Å²) in [6.07, 6.45) is 1.77. The second-order valence-electron chi connectivity index (χ2n) is 3.20. The number of rotatable bonds is 0. The van der Waals surface area contributed by atoms with E-state index < -0.39 is 0 Å². The van der Waals surface area contributed by atoms with Gasteiger partial charge in [-0.3, -0.25) is 0 Å². The molecule has 0 aliphatic heterocycles. The Morgan fingerprint density at radius 2 is 2.08 bits per heavy atom. The number of hydrogen-bond donors (Lipinski definition) is 1. The van der Waals surface area contributed by atoms with E-state index >= 15 is 0 Å². The lowest BCUT2D eigenvalue weighted by molar-refractivity contribution is 0.165. The maximum Gasteiger partial charge on any atom is 0.0917 e. The summed E-state index contributed by atoms with van der Waals surface area (Å²) in [5, 5.41) is 9.78. The predicted octanol–water partition coefficient (Wildman–Crippen LogP) is 2.43. The van der Waals surface area contributed by atoms with Gasteiger partial charge < -0.3 is 5.11 Å². The molecule has 2 heteroatoms. The molecule has 1 aromatic carbocycles. The molecule has 1 N–H and O–H groups in total.